The van der Waals surface area contributed by atoms with Crippen molar-refractivity contribution in [3.63, 3.8) is 0 Å². The number of rotatable bonds is 5. The van der Waals surface area contributed by atoms with Crippen LogP contribution >= 0.6 is 0 Å². The maximum absolute atomic E-state index is 11.0. The first-order valence-electron chi connectivity index (χ1n) is 6.58. The predicted molar refractivity (Wildman–Crippen MR) is 74.8 cm³/mol. The molecule has 20 heavy (non-hydrogen) atoms. The van der Waals surface area contributed by atoms with Gasteiger partial charge >= 0.3 is 5.69 Å². The molecule has 0 saturated heterocycles. The average molecular weight is 278 g/mol. The Morgan fingerprint density at radius 3 is 2.90 bits per heavy atom. The minimum Gasteiger partial charge on any atom is -0.472 e. The molecular formula is C13H18N4O3. The van der Waals surface area contributed by atoms with Gasteiger partial charge in [-0.1, -0.05) is 19.1 Å². The number of anilines is 1. The molecule has 0 aliphatic heterocycles. The van der Waals surface area contributed by atoms with Crippen LogP contribution < -0.4 is 10.1 Å². The summed E-state index contributed by atoms with van der Waals surface area (Å²) in [6, 6.07) is 0. The van der Waals surface area contributed by atoms with E-state index < -0.39 is 4.92 Å². The summed E-state index contributed by atoms with van der Waals surface area (Å²) >= 11 is 0. The molecule has 2 atom stereocenters. The molecule has 0 radical (unpaired) electrons. The van der Waals surface area contributed by atoms with Crippen molar-refractivity contribution in [2.45, 2.75) is 19.8 Å². The summed E-state index contributed by atoms with van der Waals surface area (Å²) in [6.45, 7) is 2.58. The molecule has 0 aromatic carbocycles. The highest BCUT2D eigenvalue weighted by Gasteiger charge is 2.23. The standard InChI is InChI=1S/C13H18N4O3/c1-9-5-3-4-6-10(9)8-20-12-11(17(18)19)7-15-13(14-2)16-12/h3-4,7,9-10H,5-6,8H2,1-2H3,(H,14,15,16). The highest BCUT2D eigenvalue weighted by atomic mass is 16.6. The molecule has 1 aromatic rings. The lowest BCUT2D eigenvalue weighted by Crippen LogP contribution is -2.21. The normalized spacial score (nSPS) is 21.5. The Hall–Kier alpha value is -2.18. The quantitative estimate of drug-likeness (QED) is 0.505. The molecule has 108 valence electrons. The maximum atomic E-state index is 11.0. The summed E-state index contributed by atoms with van der Waals surface area (Å²) in [5.41, 5.74) is -0.206. The summed E-state index contributed by atoms with van der Waals surface area (Å²) in [5, 5.41) is 13.7. The Morgan fingerprint density at radius 1 is 1.50 bits per heavy atom. The van der Waals surface area contributed by atoms with E-state index in [1.54, 1.807) is 7.05 Å². The monoisotopic (exact) mass is 278 g/mol. The molecule has 0 bridgehead atoms. The van der Waals surface area contributed by atoms with Gasteiger partial charge in [-0.2, -0.15) is 4.98 Å². The SMILES string of the molecule is CNc1ncc([N+](=O)[O-])c(OCC2CC=CCC2C)n1. The fourth-order valence-electron chi connectivity index (χ4n) is 2.14. The van der Waals surface area contributed by atoms with E-state index in [0.29, 0.717) is 24.4 Å². The van der Waals surface area contributed by atoms with Crippen LogP contribution in [0.4, 0.5) is 11.6 Å². The van der Waals surface area contributed by atoms with Crippen molar-refractivity contribution in [1.29, 1.82) is 0 Å². The van der Waals surface area contributed by atoms with Gasteiger partial charge in [0.05, 0.1) is 11.5 Å². The van der Waals surface area contributed by atoms with Crippen molar-refractivity contribution in [3.8, 4) is 5.88 Å². The van der Waals surface area contributed by atoms with Crippen LogP contribution in [0.15, 0.2) is 18.3 Å². The van der Waals surface area contributed by atoms with Crippen molar-refractivity contribution < 1.29 is 9.66 Å². The zero-order chi connectivity index (χ0) is 14.5. The first kappa shape index (κ1) is 14.2. The van der Waals surface area contributed by atoms with Gasteiger partial charge < -0.3 is 10.1 Å². The Labute approximate surface area is 117 Å². The topological polar surface area (TPSA) is 90.2 Å². The van der Waals surface area contributed by atoms with Gasteiger partial charge in [-0.15, -0.1) is 0 Å². The summed E-state index contributed by atoms with van der Waals surface area (Å²) in [5.74, 6) is 1.19. The zero-order valence-corrected chi connectivity index (χ0v) is 11.6. The molecule has 1 aliphatic rings. The van der Waals surface area contributed by atoms with Crippen LogP contribution in [0.25, 0.3) is 0 Å². The van der Waals surface area contributed by atoms with Gasteiger partial charge in [-0.05, 0) is 24.7 Å². The Bertz CT molecular complexity index is 518. The van der Waals surface area contributed by atoms with Gasteiger partial charge in [0.25, 0.3) is 5.88 Å². The summed E-state index contributed by atoms with van der Waals surface area (Å²) in [6.07, 6.45) is 7.40. The number of aromatic nitrogens is 2. The van der Waals surface area contributed by atoms with Crippen LogP contribution in [-0.2, 0) is 0 Å². The first-order valence-corrected chi connectivity index (χ1v) is 6.58. The molecule has 7 nitrogen and oxygen atoms in total. The average Bonchev–Trinajstić information content (AvgIpc) is 2.46. The summed E-state index contributed by atoms with van der Waals surface area (Å²) in [4.78, 5) is 18.3. The van der Waals surface area contributed by atoms with Gasteiger partial charge in [-0.25, -0.2) is 4.98 Å². The van der Waals surface area contributed by atoms with Crippen LogP contribution in [0, 0.1) is 22.0 Å². The molecule has 1 N–H and O–H groups in total. The van der Waals surface area contributed by atoms with Crippen LogP contribution in [0.5, 0.6) is 5.88 Å². The molecule has 0 spiro atoms. The number of hydrogen-bond acceptors (Lipinski definition) is 6. The minimum absolute atomic E-state index is 0.0242. The highest BCUT2D eigenvalue weighted by molar-refractivity contribution is 5.42. The molecule has 0 saturated carbocycles. The minimum atomic E-state index is -0.529. The third-order valence-corrected chi connectivity index (χ3v) is 3.51. The third kappa shape index (κ3) is 3.23. The number of hydrogen-bond donors (Lipinski definition) is 1. The van der Waals surface area contributed by atoms with Crippen LogP contribution in [-0.4, -0.2) is 28.5 Å². The van der Waals surface area contributed by atoms with Gasteiger partial charge in [-0.3, -0.25) is 10.1 Å². The molecule has 7 heteroatoms. The lowest BCUT2D eigenvalue weighted by atomic mass is 9.85. The Kier molecular flexibility index (Phi) is 4.49. The second-order valence-corrected chi connectivity index (χ2v) is 4.88. The number of allylic oxidation sites excluding steroid dienone is 2. The highest BCUT2D eigenvalue weighted by Crippen LogP contribution is 2.28. The second-order valence-electron chi connectivity index (χ2n) is 4.88. The first-order chi connectivity index (χ1) is 9.61. The van der Waals surface area contributed by atoms with Crippen molar-refractivity contribution in [2.75, 3.05) is 19.0 Å². The number of nitrogens with one attached hydrogen (secondary N) is 1. The third-order valence-electron chi connectivity index (χ3n) is 3.51. The fourth-order valence-corrected chi connectivity index (χ4v) is 2.14. The van der Waals surface area contributed by atoms with Gasteiger partial charge in [0, 0.05) is 7.05 Å². The van der Waals surface area contributed by atoms with E-state index in [2.05, 4.69) is 34.4 Å². The predicted octanol–water partition coefficient (Wildman–Crippen LogP) is 2.41. The van der Waals surface area contributed by atoms with E-state index in [-0.39, 0.29) is 11.6 Å². The van der Waals surface area contributed by atoms with E-state index in [4.69, 9.17) is 4.74 Å². The smallest absolute Gasteiger partial charge is 0.349 e. The van der Waals surface area contributed by atoms with Crippen LogP contribution in [0.1, 0.15) is 19.8 Å². The number of nitrogens with zero attached hydrogens (tertiary/aromatic N) is 3. The summed E-state index contributed by atoms with van der Waals surface area (Å²) < 4.78 is 5.58. The van der Waals surface area contributed by atoms with Gasteiger partial charge in [0.15, 0.2) is 0 Å². The van der Waals surface area contributed by atoms with Crippen molar-refractivity contribution in [2.24, 2.45) is 11.8 Å². The molecule has 1 aliphatic carbocycles. The van der Waals surface area contributed by atoms with Crippen LogP contribution in [0.2, 0.25) is 0 Å². The lowest BCUT2D eigenvalue weighted by Gasteiger charge is -2.24. The maximum Gasteiger partial charge on any atom is 0.349 e. The molecular weight excluding hydrogens is 260 g/mol. The zero-order valence-electron chi connectivity index (χ0n) is 11.6. The largest absolute Gasteiger partial charge is 0.472 e. The molecule has 2 unspecified atom stereocenters. The second kappa shape index (κ2) is 6.31. The molecule has 1 heterocycles. The van der Waals surface area contributed by atoms with E-state index in [9.17, 15) is 10.1 Å². The van der Waals surface area contributed by atoms with E-state index in [1.807, 2.05) is 0 Å². The molecule has 2 rings (SSSR count). The van der Waals surface area contributed by atoms with Crippen molar-refractivity contribution in [1.82, 2.24) is 9.97 Å². The van der Waals surface area contributed by atoms with Crippen LogP contribution in [0.3, 0.4) is 0 Å². The van der Waals surface area contributed by atoms with Gasteiger partial charge in [0.1, 0.15) is 6.20 Å². The molecule has 1 aromatic heterocycles. The van der Waals surface area contributed by atoms with Gasteiger partial charge in [0.2, 0.25) is 5.95 Å². The van der Waals surface area contributed by atoms with Crippen molar-refractivity contribution >= 4 is 11.6 Å². The number of ether oxygens (including phenoxy) is 1. The Morgan fingerprint density at radius 2 is 2.25 bits per heavy atom. The fraction of sp³-hybridized carbons (Fsp3) is 0.538. The number of nitro groups is 1. The molecule has 0 amide bonds. The van der Waals surface area contributed by atoms with E-state index in [1.165, 1.54) is 6.20 Å². The van der Waals surface area contributed by atoms with E-state index >= 15 is 0 Å². The Balaban J connectivity index is 2.11. The lowest BCUT2D eigenvalue weighted by molar-refractivity contribution is -0.386. The summed E-state index contributed by atoms with van der Waals surface area (Å²) in [7, 11) is 1.65. The van der Waals surface area contributed by atoms with E-state index in [0.717, 1.165) is 12.8 Å². The molecule has 0 fully saturated rings. The van der Waals surface area contributed by atoms with Crippen molar-refractivity contribution in [3.05, 3.63) is 28.5 Å².